The minimum Gasteiger partial charge on any atom is -0.496 e. The first-order valence-electron chi connectivity index (χ1n) is 8.77. The van der Waals surface area contributed by atoms with E-state index in [1.165, 1.54) is 47.1 Å². The zero-order valence-electron chi connectivity index (χ0n) is 15.1. The summed E-state index contributed by atoms with van der Waals surface area (Å²) in [7, 11) is 1.77. The van der Waals surface area contributed by atoms with Crippen molar-refractivity contribution < 1.29 is 4.74 Å². The van der Waals surface area contributed by atoms with Crippen molar-refractivity contribution in [3.05, 3.63) is 52.6 Å². The molecule has 122 valence electrons. The molecule has 0 unspecified atom stereocenters. The number of fused-ring (bicyclic) bond motifs is 1. The number of hydrogen-bond acceptors (Lipinski definition) is 1. The molecular weight excluding hydrogens is 280 g/mol. The van der Waals surface area contributed by atoms with E-state index < -0.39 is 0 Å². The fourth-order valence-electron chi connectivity index (χ4n) is 3.60. The fourth-order valence-corrected chi connectivity index (χ4v) is 3.60. The van der Waals surface area contributed by atoms with Crippen LogP contribution < -0.4 is 4.74 Å². The van der Waals surface area contributed by atoms with Gasteiger partial charge in [0, 0.05) is 5.56 Å². The highest BCUT2D eigenvalue weighted by molar-refractivity contribution is 5.76. The zero-order valence-corrected chi connectivity index (χ0v) is 15.1. The van der Waals surface area contributed by atoms with Crippen LogP contribution in [-0.2, 0) is 24.7 Å². The molecule has 0 aromatic heterocycles. The normalized spacial score (nSPS) is 14.0. The minimum absolute atomic E-state index is 0.143. The molecule has 0 saturated carbocycles. The molecule has 0 spiro atoms. The molecule has 0 N–H and O–H groups in total. The summed E-state index contributed by atoms with van der Waals surface area (Å²) in [5, 5.41) is 0. The van der Waals surface area contributed by atoms with Gasteiger partial charge < -0.3 is 4.74 Å². The maximum atomic E-state index is 5.69. The van der Waals surface area contributed by atoms with Gasteiger partial charge in [0.2, 0.25) is 0 Å². The van der Waals surface area contributed by atoms with E-state index in [0.717, 1.165) is 12.2 Å². The smallest absolute Gasteiger partial charge is 0.126 e. The van der Waals surface area contributed by atoms with Crippen molar-refractivity contribution in [1.29, 1.82) is 0 Å². The Morgan fingerprint density at radius 1 is 0.957 bits per heavy atom. The highest BCUT2D eigenvalue weighted by Gasteiger charge is 2.20. The van der Waals surface area contributed by atoms with Gasteiger partial charge in [0.25, 0.3) is 0 Å². The van der Waals surface area contributed by atoms with Crippen LogP contribution in [0.2, 0.25) is 0 Å². The maximum absolute atomic E-state index is 5.69. The number of aryl methyl sites for hydroxylation is 3. The molecule has 3 rings (SSSR count). The molecular formula is C22H28O. The second-order valence-corrected chi connectivity index (χ2v) is 7.65. The molecule has 0 fully saturated rings. The Bertz CT molecular complexity index is 719. The summed E-state index contributed by atoms with van der Waals surface area (Å²) in [6, 6.07) is 11.5. The van der Waals surface area contributed by atoms with E-state index in [1.54, 1.807) is 12.7 Å². The van der Waals surface area contributed by atoms with Crippen LogP contribution in [0.15, 0.2) is 30.3 Å². The Balaban J connectivity index is 2.21. The molecule has 0 atom stereocenters. The van der Waals surface area contributed by atoms with Crippen molar-refractivity contribution in [2.75, 3.05) is 7.11 Å². The monoisotopic (exact) mass is 308 g/mol. The first kappa shape index (κ1) is 16.1. The van der Waals surface area contributed by atoms with Gasteiger partial charge in [-0.15, -0.1) is 0 Å². The summed E-state index contributed by atoms with van der Waals surface area (Å²) in [6.45, 7) is 9.05. The Labute approximate surface area is 140 Å². The van der Waals surface area contributed by atoms with Gasteiger partial charge in [-0.3, -0.25) is 0 Å². The second-order valence-electron chi connectivity index (χ2n) is 7.65. The first-order chi connectivity index (χ1) is 10.9. The number of methoxy groups -OCH3 is 1. The summed E-state index contributed by atoms with van der Waals surface area (Å²) < 4.78 is 5.69. The van der Waals surface area contributed by atoms with Crippen LogP contribution in [0.3, 0.4) is 0 Å². The van der Waals surface area contributed by atoms with Crippen molar-refractivity contribution in [3.8, 4) is 16.9 Å². The van der Waals surface area contributed by atoms with Crippen LogP contribution >= 0.6 is 0 Å². The van der Waals surface area contributed by atoms with Gasteiger partial charge in [0.05, 0.1) is 7.11 Å². The van der Waals surface area contributed by atoms with Gasteiger partial charge in [0.15, 0.2) is 0 Å². The molecule has 2 aromatic rings. The highest BCUT2D eigenvalue weighted by Crippen LogP contribution is 2.39. The summed E-state index contributed by atoms with van der Waals surface area (Å²) in [6.07, 6.45) is 4.81. The van der Waals surface area contributed by atoms with Crippen LogP contribution in [0.4, 0.5) is 0 Å². The maximum Gasteiger partial charge on any atom is 0.126 e. The molecule has 0 saturated heterocycles. The Morgan fingerprint density at radius 2 is 1.65 bits per heavy atom. The molecule has 1 aliphatic rings. The molecule has 2 aromatic carbocycles. The fraction of sp³-hybridized carbons (Fsp3) is 0.455. The second kappa shape index (κ2) is 6.03. The van der Waals surface area contributed by atoms with Gasteiger partial charge in [0.1, 0.15) is 5.75 Å². The van der Waals surface area contributed by atoms with Crippen LogP contribution in [0.1, 0.15) is 56.4 Å². The van der Waals surface area contributed by atoms with E-state index in [2.05, 4.69) is 58.0 Å². The standard InChI is InChI=1S/C22H28O/c1-6-15-12-16-8-7-9-17(16)13-19(15)20-14-18(22(2,3)4)10-11-21(20)23-5/h10-14H,6-9H2,1-5H3. The quantitative estimate of drug-likeness (QED) is 0.705. The van der Waals surface area contributed by atoms with E-state index in [9.17, 15) is 0 Å². The van der Waals surface area contributed by atoms with E-state index in [0.29, 0.717) is 0 Å². The van der Waals surface area contributed by atoms with Gasteiger partial charge in [-0.05, 0) is 71.0 Å². The average molecular weight is 308 g/mol. The molecule has 0 heterocycles. The number of ether oxygens (including phenoxy) is 1. The third-order valence-corrected chi connectivity index (χ3v) is 5.05. The molecule has 1 aliphatic carbocycles. The van der Waals surface area contributed by atoms with E-state index in [4.69, 9.17) is 4.74 Å². The lowest BCUT2D eigenvalue weighted by atomic mass is 9.84. The lowest BCUT2D eigenvalue weighted by Crippen LogP contribution is -2.11. The first-order valence-corrected chi connectivity index (χ1v) is 8.77. The van der Waals surface area contributed by atoms with Gasteiger partial charge >= 0.3 is 0 Å². The Hall–Kier alpha value is -1.76. The predicted octanol–water partition coefficient (Wildman–Crippen LogP) is 5.71. The molecule has 23 heavy (non-hydrogen) atoms. The molecule has 1 heteroatoms. The van der Waals surface area contributed by atoms with E-state index in [1.807, 2.05) is 0 Å². The third kappa shape index (κ3) is 3.02. The number of rotatable bonds is 3. The lowest BCUT2D eigenvalue weighted by Gasteiger charge is -2.22. The van der Waals surface area contributed by atoms with Crippen molar-refractivity contribution >= 4 is 0 Å². The van der Waals surface area contributed by atoms with Crippen molar-refractivity contribution in [2.45, 2.75) is 58.8 Å². The van der Waals surface area contributed by atoms with Crippen LogP contribution in [0.25, 0.3) is 11.1 Å². The SMILES string of the molecule is CCc1cc2c(cc1-c1cc(C(C)(C)C)ccc1OC)CCC2. The van der Waals surface area contributed by atoms with Gasteiger partial charge in [-0.25, -0.2) is 0 Å². The highest BCUT2D eigenvalue weighted by atomic mass is 16.5. The Kier molecular flexibility index (Phi) is 4.23. The summed E-state index contributed by atoms with van der Waals surface area (Å²) in [4.78, 5) is 0. The number of benzene rings is 2. The lowest BCUT2D eigenvalue weighted by molar-refractivity contribution is 0.416. The molecule has 0 radical (unpaired) electrons. The molecule has 0 amide bonds. The van der Waals surface area contributed by atoms with Gasteiger partial charge in [-0.2, -0.15) is 0 Å². The largest absolute Gasteiger partial charge is 0.496 e. The number of hydrogen-bond donors (Lipinski definition) is 0. The molecule has 1 nitrogen and oxygen atoms in total. The molecule has 0 bridgehead atoms. The van der Waals surface area contributed by atoms with Crippen LogP contribution in [-0.4, -0.2) is 7.11 Å². The van der Waals surface area contributed by atoms with Crippen molar-refractivity contribution in [3.63, 3.8) is 0 Å². The summed E-state index contributed by atoms with van der Waals surface area (Å²) in [5.41, 5.74) is 8.62. The van der Waals surface area contributed by atoms with Gasteiger partial charge in [-0.1, -0.05) is 45.9 Å². The topological polar surface area (TPSA) is 9.23 Å². The van der Waals surface area contributed by atoms with Crippen molar-refractivity contribution in [2.24, 2.45) is 0 Å². The van der Waals surface area contributed by atoms with Crippen LogP contribution in [0.5, 0.6) is 5.75 Å². The average Bonchev–Trinajstić information content (AvgIpc) is 2.99. The van der Waals surface area contributed by atoms with E-state index >= 15 is 0 Å². The predicted molar refractivity (Wildman–Crippen MR) is 98.5 cm³/mol. The summed E-state index contributed by atoms with van der Waals surface area (Å²) >= 11 is 0. The van der Waals surface area contributed by atoms with E-state index in [-0.39, 0.29) is 5.41 Å². The molecule has 0 aliphatic heterocycles. The zero-order chi connectivity index (χ0) is 16.6. The van der Waals surface area contributed by atoms with Crippen LogP contribution in [0, 0.1) is 0 Å². The third-order valence-electron chi connectivity index (χ3n) is 5.05. The Morgan fingerprint density at radius 3 is 2.26 bits per heavy atom. The minimum atomic E-state index is 0.143. The summed E-state index contributed by atoms with van der Waals surface area (Å²) in [5.74, 6) is 0.977. The van der Waals surface area contributed by atoms with Crippen molar-refractivity contribution in [1.82, 2.24) is 0 Å².